The Labute approximate surface area is 138 Å². The van der Waals surface area contributed by atoms with Crippen LogP contribution in [0.3, 0.4) is 0 Å². The fourth-order valence-corrected chi connectivity index (χ4v) is 4.21. The second-order valence-corrected chi connectivity index (χ2v) is 7.33. The van der Waals surface area contributed by atoms with E-state index >= 15 is 0 Å². The van der Waals surface area contributed by atoms with Gasteiger partial charge in [0.1, 0.15) is 0 Å². The molecule has 1 heterocycles. The van der Waals surface area contributed by atoms with Crippen molar-refractivity contribution < 1.29 is 9.59 Å². The van der Waals surface area contributed by atoms with Crippen LogP contribution >= 0.6 is 11.8 Å². The lowest BCUT2D eigenvalue weighted by Crippen LogP contribution is -2.47. The van der Waals surface area contributed by atoms with E-state index in [-0.39, 0.29) is 18.0 Å². The third kappa shape index (κ3) is 4.54. The molecule has 1 aliphatic carbocycles. The van der Waals surface area contributed by atoms with Crippen LogP contribution in [0.2, 0.25) is 0 Å². The lowest BCUT2D eigenvalue weighted by Gasteiger charge is -2.34. The second-order valence-electron chi connectivity index (χ2n) is 6.11. The molecule has 22 heavy (non-hydrogen) atoms. The molecule has 2 fully saturated rings. The first-order valence-electron chi connectivity index (χ1n) is 8.57. The highest BCUT2D eigenvalue weighted by Gasteiger charge is 2.30. The predicted molar refractivity (Wildman–Crippen MR) is 91.1 cm³/mol. The van der Waals surface area contributed by atoms with Crippen molar-refractivity contribution in [3.63, 3.8) is 0 Å². The fraction of sp³-hybridized carbons (Fsp3) is 0.875. The zero-order valence-electron chi connectivity index (χ0n) is 13.8. The first-order chi connectivity index (χ1) is 10.7. The van der Waals surface area contributed by atoms with Gasteiger partial charge in [0, 0.05) is 49.6 Å². The van der Waals surface area contributed by atoms with E-state index in [9.17, 15) is 9.59 Å². The molecule has 126 valence electrons. The number of urea groups is 1. The van der Waals surface area contributed by atoms with Gasteiger partial charge in [-0.25, -0.2) is 4.79 Å². The maximum atomic E-state index is 12.5. The summed E-state index contributed by atoms with van der Waals surface area (Å²) >= 11 is 1.93. The number of nitrogens with zero attached hydrogens (tertiary/aromatic N) is 2. The quantitative estimate of drug-likeness (QED) is 0.861. The van der Waals surface area contributed by atoms with Crippen LogP contribution in [-0.4, -0.2) is 65.5 Å². The number of rotatable bonds is 4. The second kappa shape index (κ2) is 8.65. The summed E-state index contributed by atoms with van der Waals surface area (Å²) in [6.45, 7) is 7.28. The van der Waals surface area contributed by atoms with Crippen molar-refractivity contribution >= 4 is 23.7 Å². The molecule has 0 atom stereocenters. The number of carbonyl (C=O) groups excluding carboxylic acids is 2. The minimum atomic E-state index is 0.0350. The average Bonchev–Trinajstić information content (AvgIpc) is 2.57. The lowest BCUT2D eigenvalue weighted by molar-refractivity contribution is -0.136. The van der Waals surface area contributed by atoms with Gasteiger partial charge in [0.2, 0.25) is 5.91 Å². The average molecular weight is 327 g/mol. The minimum Gasteiger partial charge on any atom is -0.341 e. The Morgan fingerprint density at radius 1 is 1.09 bits per heavy atom. The molecule has 2 aliphatic rings. The number of hydrogen-bond donors (Lipinski definition) is 1. The molecule has 2 rings (SSSR count). The molecule has 0 bridgehead atoms. The van der Waals surface area contributed by atoms with Gasteiger partial charge in [0.25, 0.3) is 0 Å². The van der Waals surface area contributed by atoms with E-state index in [1.165, 1.54) is 0 Å². The number of amides is 3. The molecule has 0 aromatic heterocycles. The van der Waals surface area contributed by atoms with E-state index in [2.05, 4.69) is 5.32 Å². The monoisotopic (exact) mass is 327 g/mol. The Morgan fingerprint density at radius 2 is 1.68 bits per heavy atom. The summed E-state index contributed by atoms with van der Waals surface area (Å²) in [6.07, 6.45) is 3.66. The number of nitrogens with one attached hydrogen (secondary N) is 1. The van der Waals surface area contributed by atoms with E-state index in [1.807, 2.05) is 35.4 Å². The van der Waals surface area contributed by atoms with E-state index in [0.29, 0.717) is 5.91 Å². The summed E-state index contributed by atoms with van der Waals surface area (Å²) in [5, 5.41) is 3.12. The van der Waals surface area contributed by atoms with E-state index in [4.69, 9.17) is 0 Å². The molecule has 6 heteroatoms. The zero-order valence-corrected chi connectivity index (χ0v) is 14.7. The fourth-order valence-electron chi connectivity index (χ4n) is 3.30. The Bertz CT molecular complexity index is 374. The van der Waals surface area contributed by atoms with Gasteiger partial charge in [-0.05, 0) is 39.5 Å². The molecule has 0 aromatic carbocycles. The molecule has 0 radical (unpaired) electrons. The van der Waals surface area contributed by atoms with Gasteiger partial charge in [-0.1, -0.05) is 0 Å². The van der Waals surface area contributed by atoms with Crippen LogP contribution in [0.5, 0.6) is 0 Å². The molecule has 1 saturated carbocycles. The van der Waals surface area contributed by atoms with Crippen molar-refractivity contribution in [2.75, 3.05) is 37.7 Å². The van der Waals surface area contributed by atoms with E-state index in [1.54, 1.807) is 0 Å². The standard InChI is InChI=1S/C16H29N3O2S/c1-3-18(4-2)16(21)17-14-7-5-13(6-8-14)15(20)19-9-11-22-12-10-19/h13-14H,3-12H2,1-2H3,(H,17,21). The molecule has 0 unspecified atom stereocenters. The normalized spacial score (nSPS) is 25.6. The summed E-state index contributed by atoms with van der Waals surface area (Å²) in [7, 11) is 0. The van der Waals surface area contributed by atoms with Crippen molar-refractivity contribution in [3.8, 4) is 0 Å². The highest BCUT2D eigenvalue weighted by Crippen LogP contribution is 2.27. The van der Waals surface area contributed by atoms with E-state index < -0.39 is 0 Å². The SMILES string of the molecule is CCN(CC)C(=O)NC1CCC(C(=O)N2CCSCC2)CC1. The molecule has 5 nitrogen and oxygen atoms in total. The third-order valence-electron chi connectivity index (χ3n) is 4.78. The Morgan fingerprint density at radius 3 is 2.23 bits per heavy atom. The molecule has 3 amide bonds. The molecule has 0 aromatic rings. The predicted octanol–water partition coefficient (Wildman–Crippen LogP) is 2.17. The Balaban J connectivity index is 1.75. The largest absolute Gasteiger partial charge is 0.341 e. The first-order valence-corrected chi connectivity index (χ1v) is 9.73. The van der Waals surface area contributed by atoms with Crippen molar-refractivity contribution in [3.05, 3.63) is 0 Å². The maximum absolute atomic E-state index is 12.5. The summed E-state index contributed by atoms with van der Waals surface area (Å²) in [5.41, 5.74) is 0. The topological polar surface area (TPSA) is 52.7 Å². The van der Waals surface area contributed by atoms with Gasteiger partial charge in [0.15, 0.2) is 0 Å². The summed E-state index contributed by atoms with van der Waals surface area (Å²) in [4.78, 5) is 28.4. The van der Waals surface area contributed by atoms with Crippen LogP contribution in [0.15, 0.2) is 0 Å². The highest BCUT2D eigenvalue weighted by atomic mass is 32.2. The number of carbonyl (C=O) groups is 2. The molecule has 1 N–H and O–H groups in total. The van der Waals surface area contributed by atoms with Crippen LogP contribution in [-0.2, 0) is 4.79 Å². The van der Waals surface area contributed by atoms with Crippen LogP contribution < -0.4 is 5.32 Å². The first kappa shape index (κ1) is 17.4. The third-order valence-corrected chi connectivity index (χ3v) is 5.72. The van der Waals surface area contributed by atoms with Crippen molar-refractivity contribution in [2.24, 2.45) is 5.92 Å². The van der Waals surface area contributed by atoms with Crippen molar-refractivity contribution in [2.45, 2.75) is 45.6 Å². The van der Waals surface area contributed by atoms with Crippen LogP contribution in [0, 0.1) is 5.92 Å². The van der Waals surface area contributed by atoms with Gasteiger partial charge >= 0.3 is 6.03 Å². The molecule has 0 spiro atoms. The molecular weight excluding hydrogens is 298 g/mol. The summed E-state index contributed by atoms with van der Waals surface area (Å²) in [6, 6.07) is 0.266. The van der Waals surface area contributed by atoms with Crippen LogP contribution in [0.25, 0.3) is 0 Å². The maximum Gasteiger partial charge on any atom is 0.317 e. The minimum absolute atomic E-state index is 0.0350. The molecule has 1 saturated heterocycles. The highest BCUT2D eigenvalue weighted by molar-refractivity contribution is 7.99. The summed E-state index contributed by atoms with van der Waals surface area (Å²) in [5.74, 6) is 2.65. The number of hydrogen-bond acceptors (Lipinski definition) is 3. The van der Waals surface area contributed by atoms with Gasteiger partial charge in [-0.15, -0.1) is 0 Å². The lowest BCUT2D eigenvalue weighted by atomic mass is 9.85. The van der Waals surface area contributed by atoms with Crippen LogP contribution in [0.1, 0.15) is 39.5 Å². The molecular formula is C16H29N3O2S. The summed E-state index contributed by atoms with van der Waals surface area (Å²) < 4.78 is 0. The van der Waals surface area contributed by atoms with Gasteiger partial charge in [0.05, 0.1) is 0 Å². The molecule has 1 aliphatic heterocycles. The van der Waals surface area contributed by atoms with Crippen LogP contribution in [0.4, 0.5) is 4.79 Å². The Hall–Kier alpha value is -0.910. The van der Waals surface area contributed by atoms with Gasteiger partial charge in [-0.2, -0.15) is 11.8 Å². The van der Waals surface area contributed by atoms with E-state index in [0.717, 1.165) is 63.4 Å². The number of thioether (sulfide) groups is 1. The van der Waals surface area contributed by atoms with Gasteiger partial charge < -0.3 is 15.1 Å². The van der Waals surface area contributed by atoms with Gasteiger partial charge in [-0.3, -0.25) is 4.79 Å². The smallest absolute Gasteiger partial charge is 0.317 e. The Kier molecular flexibility index (Phi) is 6.86. The van der Waals surface area contributed by atoms with Crippen molar-refractivity contribution in [1.29, 1.82) is 0 Å². The zero-order chi connectivity index (χ0) is 15.9. The van der Waals surface area contributed by atoms with Crippen molar-refractivity contribution in [1.82, 2.24) is 15.1 Å².